The number of carbonyl (C=O) groups excluding carboxylic acids is 1. The summed E-state index contributed by atoms with van der Waals surface area (Å²) in [6, 6.07) is 2.95. The molecule has 254 valence electrons. The highest BCUT2D eigenvalue weighted by Crippen LogP contribution is 2.45. The molecule has 4 aliphatic heterocycles. The molecule has 4 aliphatic rings. The second-order valence-corrected chi connectivity index (χ2v) is 12.5. The normalized spacial score (nSPS) is 32.1. The molecule has 2 saturated heterocycles. The van der Waals surface area contributed by atoms with Crippen LogP contribution in [0.4, 0.5) is 17.5 Å². The number of anilines is 2. The lowest BCUT2D eigenvalue weighted by Gasteiger charge is -2.28. The van der Waals surface area contributed by atoms with Crippen molar-refractivity contribution in [1.29, 1.82) is 0 Å². The Labute approximate surface area is 270 Å². The smallest absolute Gasteiger partial charge is 0.271 e. The molecule has 0 aromatic carbocycles. The highest BCUT2D eigenvalue weighted by atomic mass is 16.6. The lowest BCUT2D eigenvalue weighted by Crippen LogP contribution is -2.44. The first kappa shape index (κ1) is 32.2. The van der Waals surface area contributed by atoms with Gasteiger partial charge in [0.15, 0.2) is 12.5 Å². The van der Waals surface area contributed by atoms with E-state index >= 15 is 0 Å². The minimum absolute atomic E-state index is 0.113. The van der Waals surface area contributed by atoms with Crippen LogP contribution >= 0.6 is 0 Å². The first-order valence-corrected chi connectivity index (χ1v) is 15.2. The van der Waals surface area contributed by atoms with Crippen LogP contribution in [-0.4, -0.2) is 116 Å². The van der Waals surface area contributed by atoms with Gasteiger partial charge in [0, 0.05) is 30.3 Å². The standard InChI is InChI=1S/C15H18N4O5.C15H16N4O5/c2*1-15(23)11(22)8(5-20)24-14(15)19-4-7-2-3-9(21)18-12-10(7)13(19)17-6-16-12/h4,6,8,11,14,20,22-23H,2-3,5H2,1H3,(H,16,17,18,21);2-4,6,8,11,14,20,22-23H,5H2,1H3,(H,16,17,18,21)/t2*8-,11-,14?,15-/m11/s1. The third-order valence-corrected chi connectivity index (χ3v) is 9.23. The Morgan fingerprint density at radius 3 is 2.21 bits per heavy atom. The number of rotatable bonds is 4. The molecule has 18 nitrogen and oxygen atoms in total. The summed E-state index contributed by atoms with van der Waals surface area (Å²) in [5.41, 5.74) is -2.26. The molecule has 18 heteroatoms. The van der Waals surface area contributed by atoms with E-state index in [4.69, 9.17) is 9.47 Å². The topological polar surface area (TPSA) is 259 Å². The third-order valence-electron chi connectivity index (χ3n) is 9.23. The molecule has 0 radical (unpaired) electrons. The minimum Gasteiger partial charge on any atom is -0.394 e. The predicted molar refractivity (Wildman–Crippen MR) is 168 cm³/mol. The second-order valence-electron chi connectivity index (χ2n) is 12.5. The number of aromatic nitrogens is 5. The van der Waals surface area contributed by atoms with Gasteiger partial charge in [0.2, 0.25) is 5.91 Å². The van der Waals surface area contributed by atoms with Gasteiger partial charge in [-0.25, -0.2) is 15.0 Å². The number of aliphatic hydroxyl groups is 6. The fourth-order valence-electron chi connectivity index (χ4n) is 6.68. The Balaban J connectivity index is 0.000000152. The second kappa shape index (κ2) is 11.6. The number of aliphatic hydroxyl groups excluding tert-OH is 4. The maximum atomic E-state index is 11.8. The number of carbonyl (C=O) groups is 1. The predicted octanol–water partition coefficient (Wildman–Crippen LogP) is -1.20. The Hall–Kier alpha value is -4.40. The van der Waals surface area contributed by atoms with Crippen molar-refractivity contribution in [3.63, 3.8) is 0 Å². The van der Waals surface area contributed by atoms with Gasteiger partial charge < -0.3 is 59.9 Å². The summed E-state index contributed by atoms with van der Waals surface area (Å²) in [6.45, 7) is 2.07. The molecule has 2 unspecified atom stereocenters. The zero-order valence-electron chi connectivity index (χ0n) is 25.8. The number of nitrogens with one attached hydrogen (secondary N) is 2. The minimum atomic E-state index is -1.63. The van der Waals surface area contributed by atoms with Gasteiger partial charge in [-0.2, -0.15) is 4.98 Å². The molecule has 0 bridgehead atoms. The van der Waals surface area contributed by atoms with Crippen LogP contribution in [0, 0.1) is 0 Å². The number of amides is 1. The number of nitrogens with zero attached hydrogens (tertiary/aromatic N) is 6. The van der Waals surface area contributed by atoms with Gasteiger partial charge in [-0.05, 0) is 31.9 Å². The molecule has 0 spiro atoms. The van der Waals surface area contributed by atoms with Crippen LogP contribution in [0.15, 0.2) is 40.6 Å². The van der Waals surface area contributed by atoms with Gasteiger partial charge in [0.25, 0.3) is 5.56 Å². The van der Waals surface area contributed by atoms with E-state index in [1.54, 1.807) is 27.6 Å². The van der Waals surface area contributed by atoms with Gasteiger partial charge >= 0.3 is 0 Å². The van der Waals surface area contributed by atoms with Crippen molar-refractivity contribution in [1.82, 2.24) is 24.1 Å². The summed E-state index contributed by atoms with van der Waals surface area (Å²) >= 11 is 0. The quantitative estimate of drug-likeness (QED) is 0.127. The molecule has 8 atom stereocenters. The maximum Gasteiger partial charge on any atom is 0.271 e. The SMILES string of the molecule is C[C@]1(O)C(n2cc3c4c(ncnc42)NC(=O)CC3)O[C@H](CO)[C@H]1O.C[C@]1(O)C(n2cc3ccc(=O)nc4c3c2N=CN4)O[C@H](CO)[C@H]1O. The molecule has 0 saturated carbocycles. The summed E-state index contributed by atoms with van der Waals surface area (Å²) in [5, 5.41) is 68.0. The first-order valence-electron chi connectivity index (χ1n) is 15.2. The molecule has 0 aliphatic carbocycles. The molecule has 2 fully saturated rings. The van der Waals surface area contributed by atoms with Crippen molar-refractivity contribution in [2.45, 2.75) is 74.8 Å². The van der Waals surface area contributed by atoms with Gasteiger partial charge in [0.1, 0.15) is 65.0 Å². The van der Waals surface area contributed by atoms with E-state index in [9.17, 15) is 40.2 Å². The first-order chi connectivity index (χ1) is 22.9. The summed E-state index contributed by atoms with van der Waals surface area (Å²) in [5.74, 6) is 1.12. The Morgan fingerprint density at radius 2 is 1.56 bits per heavy atom. The van der Waals surface area contributed by atoms with E-state index in [-0.39, 0.29) is 11.5 Å². The van der Waals surface area contributed by atoms with Gasteiger partial charge in [-0.1, -0.05) is 0 Å². The van der Waals surface area contributed by atoms with Crippen LogP contribution in [0.3, 0.4) is 0 Å². The summed E-state index contributed by atoms with van der Waals surface area (Å²) in [4.78, 5) is 40.0. The molecule has 8 rings (SSSR count). The van der Waals surface area contributed by atoms with E-state index in [0.29, 0.717) is 52.1 Å². The van der Waals surface area contributed by atoms with E-state index in [1.807, 2.05) is 0 Å². The lowest BCUT2D eigenvalue weighted by molar-refractivity contribution is -0.116. The fraction of sp³-hybridized carbons (Fsp3) is 0.467. The fourth-order valence-corrected chi connectivity index (χ4v) is 6.68. The molecular formula is C30H34N8O10. The van der Waals surface area contributed by atoms with Crippen molar-refractivity contribution in [3.8, 4) is 0 Å². The largest absolute Gasteiger partial charge is 0.394 e. The average Bonchev–Trinajstić information content (AvgIpc) is 3.67. The van der Waals surface area contributed by atoms with Crippen molar-refractivity contribution in [2.24, 2.45) is 4.99 Å². The highest BCUT2D eigenvalue weighted by molar-refractivity contribution is 6.06. The molecule has 4 aromatic heterocycles. The molecule has 8 N–H and O–H groups in total. The van der Waals surface area contributed by atoms with Crippen LogP contribution < -0.4 is 16.2 Å². The van der Waals surface area contributed by atoms with Crippen LogP contribution in [-0.2, 0) is 20.7 Å². The van der Waals surface area contributed by atoms with Gasteiger partial charge in [0.05, 0.1) is 30.3 Å². The van der Waals surface area contributed by atoms with Crippen LogP contribution in [0.2, 0.25) is 0 Å². The number of ether oxygens (including phenoxy) is 2. The van der Waals surface area contributed by atoms with Crippen LogP contribution in [0.25, 0.3) is 21.8 Å². The number of aliphatic imine (C=N–C) groups is 1. The van der Waals surface area contributed by atoms with Gasteiger partial charge in [-0.15, -0.1) is 0 Å². The van der Waals surface area contributed by atoms with E-state index in [1.165, 1.54) is 32.6 Å². The molecule has 8 heterocycles. The molecule has 48 heavy (non-hydrogen) atoms. The highest BCUT2D eigenvalue weighted by Gasteiger charge is 2.54. The number of aryl methyl sites for hydroxylation is 1. The van der Waals surface area contributed by atoms with Crippen molar-refractivity contribution in [3.05, 3.63) is 46.8 Å². The molecule has 1 amide bonds. The summed E-state index contributed by atoms with van der Waals surface area (Å²) < 4.78 is 14.5. The lowest BCUT2D eigenvalue weighted by atomic mass is 9.96. The van der Waals surface area contributed by atoms with E-state index < -0.39 is 61.3 Å². The Morgan fingerprint density at radius 1 is 0.896 bits per heavy atom. The Bertz CT molecular complexity index is 2010. The van der Waals surface area contributed by atoms with Crippen LogP contribution in [0.1, 0.15) is 38.3 Å². The zero-order valence-corrected chi connectivity index (χ0v) is 25.8. The van der Waals surface area contributed by atoms with E-state index in [2.05, 4.69) is 30.6 Å². The van der Waals surface area contributed by atoms with Gasteiger partial charge in [-0.3, -0.25) is 9.59 Å². The number of hydrogen-bond donors (Lipinski definition) is 8. The van der Waals surface area contributed by atoms with Crippen molar-refractivity contribution < 1.29 is 44.9 Å². The van der Waals surface area contributed by atoms with Crippen molar-refractivity contribution in [2.75, 3.05) is 23.8 Å². The maximum absolute atomic E-state index is 11.8. The van der Waals surface area contributed by atoms with Crippen molar-refractivity contribution >= 4 is 51.5 Å². The van der Waals surface area contributed by atoms with E-state index in [0.717, 1.165) is 5.56 Å². The zero-order chi connectivity index (χ0) is 34.1. The monoisotopic (exact) mass is 666 g/mol. The average molecular weight is 667 g/mol. The third kappa shape index (κ3) is 4.96. The van der Waals surface area contributed by atoms with Crippen LogP contribution in [0.5, 0.6) is 0 Å². The number of hydrogen-bond acceptors (Lipinski definition) is 15. The summed E-state index contributed by atoms with van der Waals surface area (Å²) in [7, 11) is 0. The molecular weight excluding hydrogens is 632 g/mol. The Kier molecular flexibility index (Phi) is 7.80. The summed E-state index contributed by atoms with van der Waals surface area (Å²) in [6.07, 6.45) is 0.827. The molecule has 4 aromatic rings.